The molecule has 0 saturated heterocycles. The van der Waals surface area contributed by atoms with Crippen LogP contribution in [0.2, 0.25) is 0 Å². The number of primary sulfonamides is 1. The largest absolute Gasteiger partial charge is 0.465 e. The number of hydrogen-bond donors (Lipinski definition) is 2. The molecule has 7 heteroatoms. The topological polar surface area (TPSA) is 98.5 Å². The lowest BCUT2D eigenvalue weighted by Gasteiger charge is -2.09. The van der Waals surface area contributed by atoms with Crippen LogP contribution in [0, 0.1) is 0 Å². The normalized spacial score (nSPS) is 10.9. The van der Waals surface area contributed by atoms with Crippen LogP contribution in [0.5, 0.6) is 0 Å². The molecule has 3 N–H and O–H groups in total. The Morgan fingerprint density at radius 1 is 1.41 bits per heavy atom. The van der Waals surface area contributed by atoms with Gasteiger partial charge >= 0.3 is 5.97 Å². The van der Waals surface area contributed by atoms with Crippen molar-refractivity contribution in [3.8, 4) is 0 Å². The molecule has 0 saturated carbocycles. The monoisotopic (exact) mass is 258 g/mol. The van der Waals surface area contributed by atoms with Gasteiger partial charge in [0.05, 0.1) is 12.3 Å². The van der Waals surface area contributed by atoms with Crippen molar-refractivity contribution in [2.45, 2.75) is 11.8 Å². The van der Waals surface area contributed by atoms with Crippen molar-refractivity contribution in [3.63, 3.8) is 0 Å². The Labute approximate surface area is 99.8 Å². The highest BCUT2D eigenvalue weighted by atomic mass is 32.2. The summed E-state index contributed by atoms with van der Waals surface area (Å²) in [6.45, 7) is 1.86. The van der Waals surface area contributed by atoms with E-state index in [1.807, 2.05) is 0 Å². The number of hydrogen-bond acceptors (Lipinski definition) is 5. The van der Waals surface area contributed by atoms with E-state index in [2.05, 4.69) is 5.32 Å². The van der Waals surface area contributed by atoms with Gasteiger partial charge in [-0.3, -0.25) is 4.79 Å². The summed E-state index contributed by atoms with van der Waals surface area (Å²) >= 11 is 0. The van der Waals surface area contributed by atoms with Gasteiger partial charge in [-0.2, -0.15) is 0 Å². The smallest absolute Gasteiger partial charge is 0.325 e. The molecule has 0 aliphatic heterocycles. The van der Waals surface area contributed by atoms with Gasteiger partial charge < -0.3 is 10.1 Å². The average Bonchev–Trinajstić information content (AvgIpc) is 2.26. The molecule has 0 atom stereocenters. The number of nitrogens with two attached hydrogens (primary N) is 1. The number of ether oxygens (including phenoxy) is 1. The van der Waals surface area contributed by atoms with E-state index in [9.17, 15) is 13.2 Å². The minimum Gasteiger partial charge on any atom is -0.465 e. The maximum atomic E-state index is 11.2. The summed E-state index contributed by atoms with van der Waals surface area (Å²) in [7, 11) is -3.81. The van der Waals surface area contributed by atoms with E-state index in [-0.39, 0.29) is 23.7 Å². The van der Waals surface area contributed by atoms with E-state index in [0.29, 0.717) is 0 Å². The van der Waals surface area contributed by atoms with Crippen molar-refractivity contribution in [3.05, 3.63) is 24.3 Å². The second-order valence-corrected chi connectivity index (χ2v) is 4.73. The Morgan fingerprint density at radius 3 is 2.65 bits per heavy atom. The summed E-state index contributed by atoms with van der Waals surface area (Å²) in [5, 5.41) is 7.71. The van der Waals surface area contributed by atoms with Gasteiger partial charge in [0.1, 0.15) is 11.4 Å². The van der Waals surface area contributed by atoms with E-state index in [0.717, 1.165) is 0 Å². The minimum absolute atomic E-state index is 0.0516. The summed E-state index contributed by atoms with van der Waals surface area (Å²) in [5.74, 6) is -0.461. The highest BCUT2D eigenvalue weighted by Crippen LogP contribution is 2.18. The Bertz CT molecular complexity index is 499. The van der Waals surface area contributed by atoms with Crippen molar-refractivity contribution in [2.24, 2.45) is 5.14 Å². The van der Waals surface area contributed by atoms with Crippen LogP contribution >= 0.6 is 0 Å². The van der Waals surface area contributed by atoms with E-state index in [4.69, 9.17) is 9.88 Å². The van der Waals surface area contributed by atoms with Crippen molar-refractivity contribution in [1.29, 1.82) is 0 Å². The molecule has 17 heavy (non-hydrogen) atoms. The molecule has 0 unspecified atom stereocenters. The predicted molar refractivity (Wildman–Crippen MR) is 62.9 cm³/mol. The van der Waals surface area contributed by atoms with Gasteiger partial charge in [0.15, 0.2) is 0 Å². The fourth-order valence-electron chi connectivity index (χ4n) is 1.24. The zero-order chi connectivity index (χ0) is 12.9. The predicted octanol–water partition coefficient (Wildman–Crippen LogP) is 0.309. The number of para-hydroxylation sites is 1. The first-order valence-corrected chi connectivity index (χ1v) is 6.51. The molecule has 1 aromatic carbocycles. The molecule has 0 radical (unpaired) electrons. The van der Waals surface area contributed by atoms with Crippen LogP contribution in [0.25, 0.3) is 0 Å². The molecule has 0 aliphatic rings. The number of sulfonamides is 1. The zero-order valence-electron chi connectivity index (χ0n) is 9.34. The fraction of sp³-hybridized carbons (Fsp3) is 0.300. The van der Waals surface area contributed by atoms with Gasteiger partial charge in [-0.15, -0.1) is 0 Å². The van der Waals surface area contributed by atoms with Crippen LogP contribution in [0.1, 0.15) is 6.92 Å². The first-order valence-electron chi connectivity index (χ1n) is 4.96. The highest BCUT2D eigenvalue weighted by Gasteiger charge is 2.13. The Kier molecular flexibility index (Phi) is 4.47. The molecule has 1 rings (SSSR count). The number of benzene rings is 1. The van der Waals surface area contributed by atoms with Crippen LogP contribution < -0.4 is 10.5 Å². The van der Waals surface area contributed by atoms with Crippen molar-refractivity contribution >= 4 is 21.7 Å². The summed E-state index contributed by atoms with van der Waals surface area (Å²) in [6, 6.07) is 6.08. The van der Waals surface area contributed by atoms with Crippen LogP contribution in [0.15, 0.2) is 29.2 Å². The van der Waals surface area contributed by atoms with Gasteiger partial charge in [-0.25, -0.2) is 13.6 Å². The molecule has 0 spiro atoms. The zero-order valence-corrected chi connectivity index (χ0v) is 10.2. The highest BCUT2D eigenvalue weighted by molar-refractivity contribution is 7.89. The maximum Gasteiger partial charge on any atom is 0.325 e. The summed E-state index contributed by atoms with van der Waals surface area (Å²) in [6.07, 6.45) is 0. The standard InChI is InChI=1S/C10H14N2O4S/c1-2-16-10(13)7-12-8-5-3-4-6-9(8)17(11,14)15/h3-6,12H,2,7H2,1H3,(H2,11,14,15). The van der Waals surface area contributed by atoms with Crippen molar-refractivity contribution in [1.82, 2.24) is 0 Å². The molecule has 1 aromatic rings. The van der Waals surface area contributed by atoms with E-state index >= 15 is 0 Å². The van der Waals surface area contributed by atoms with Crippen LogP contribution in [0.3, 0.4) is 0 Å². The van der Waals surface area contributed by atoms with Gasteiger partial charge in [0.25, 0.3) is 0 Å². The summed E-state index contributed by atoms with van der Waals surface area (Å²) < 4.78 is 27.2. The lowest BCUT2D eigenvalue weighted by atomic mass is 10.3. The Hall–Kier alpha value is -1.60. The third-order valence-corrected chi connectivity index (χ3v) is 2.89. The molecule has 94 valence electrons. The second-order valence-electron chi connectivity index (χ2n) is 3.20. The number of nitrogens with one attached hydrogen (secondary N) is 1. The first kappa shape index (κ1) is 13.5. The summed E-state index contributed by atoms with van der Waals surface area (Å²) in [5.41, 5.74) is 0.281. The van der Waals surface area contributed by atoms with E-state index in [1.165, 1.54) is 12.1 Å². The molecule has 0 amide bonds. The van der Waals surface area contributed by atoms with Gasteiger partial charge in [-0.05, 0) is 19.1 Å². The SMILES string of the molecule is CCOC(=O)CNc1ccccc1S(N)(=O)=O. The molecule has 0 aromatic heterocycles. The molecule has 0 fully saturated rings. The molecular formula is C10H14N2O4S. The Morgan fingerprint density at radius 2 is 2.06 bits per heavy atom. The van der Waals surface area contributed by atoms with Crippen LogP contribution in [-0.2, 0) is 19.6 Å². The van der Waals surface area contributed by atoms with Crippen LogP contribution in [-0.4, -0.2) is 27.5 Å². The third-order valence-electron chi connectivity index (χ3n) is 1.92. The molecule has 0 bridgehead atoms. The quantitative estimate of drug-likeness (QED) is 0.740. The van der Waals surface area contributed by atoms with Gasteiger partial charge in [0, 0.05) is 0 Å². The molecule has 6 nitrogen and oxygen atoms in total. The van der Waals surface area contributed by atoms with E-state index < -0.39 is 16.0 Å². The third kappa shape index (κ3) is 4.04. The van der Waals surface area contributed by atoms with E-state index in [1.54, 1.807) is 19.1 Å². The Balaban J connectivity index is 2.82. The molecule has 0 aliphatic carbocycles. The van der Waals surface area contributed by atoms with Gasteiger partial charge in [-0.1, -0.05) is 12.1 Å². The van der Waals surface area contributed by atoms with Crippen molar-refractivity contribution < 1.29 is 17.9 Å². The fourth-order valence-corrected chi connectivity index (χ4v) is 1.96. The number of anilines is 1. The minimum atomic E-state index is -3.81. The van der Waals surface area contributed by atoms with Crippen LogP contribution in [0.4, 0.5) is 5.69 Å². The number of carbonyl (C=O) groups is 1. The maximum absolute atomic E-state index is 11.2. The lowest BCUT2D eigenvalue weighted by molar-refractivity contribution is -0.140. The number of carbonyl (C=O) groups excluding carboxylic acids is 1. The second kappa shape index (κ2) is 5.65. The van der Waals surface area contributed by atoms with Gasteiger partial charge in [0.2, 0.25) is 10.0 Å². The summed E-state index contributed by atoms with van der Waals surface area (Å²) in [4.78, 5) is 11.1. The molecule has 0 heterocycles. The first-order chi connectivity index (χ1) is 7.95. The lowest BCUT2D eigenvalue weighted by Crippen LogP contribution is -2.20. The molecular weight excluding hydrogens is 244 g/mol. The number of rotatable bonds is 5. The van der Waals surface area contributed by atoms with Crippen molar-refractivity contribution in [2.75, 3.05) is 18.5 Å². The number of esters is 1. The average molecular weight is 258 g/mol.